The van der Waals surface area contributed by atoms with Crippen molar-refractivity contribution in [2.45, 2.75) is 30.7 Å². The molecule has 0 aliphatic carbocycles. The highest BCUT2D eigenvalue weighted by Gasteiger charge is 2.32. The standard InChI is InChI=1S/C20H21N5OS/c1-13-4-5-16(12-14(13)2)25-18(15-6-9-21-10-7-15)22-23-20(25)27-17-8-11-24(3)19(17)26/h4-7,9-10,12,17H,8,11H2,1-3H3. The summed E-state index contributed by atoms with van der Waals surface area (Å²) in [4.78, 5) is 18.2. The number of nitrogens with zero attached hydrogens (tertiary/aromatic N) is 5. The fourth-order valence-electron chi connectivity index (χ4n) is 3.16. The van der Waals surface area contributed by atoms with Gasteiger partial charge in [-0.1, -0.05) is 17.8 Å². The van der Waals surface area contributed by atoms with E-state index in [9.17, 15) is 4.79 Å². The number of thioether (sulfide) groups is 1. The SMILES string of the molecule is Cc1ccc(-n2c(SC3CCN(C)C3=O)nnc2-c2ccncc2)cc1C. The van der Waals surface area contributed by atoms with Crippen molar-refractivity contribution in [1.29, 1.82) is 0 Å². The molecule has 7 heteroatoms. The Morgan fingerprint density at radius 3 is 2.52 bits per heavy atom. The highest BCUT2D eigenvalue weighted by molar-refractivity contribution is 8.00. The van der Waals surface area contributed by atoms with E-state index in [0.717, 1.165) is 35.2 Å². The first-order valence-electron chi connectivity index (χ1n) is 8.89. The summed E-state index contributed by atoms with van der Waals surface area (Å²) in [5.41, 5.74) is 4.38. The summed E-state index contributed by atoms with van der Waals surface area (Å²) < 4.78 is 2.04. The quantitative estimate of drug-likeness (QED) is 0.696. The van der Waals surface area contributed by atoms with Gasteiger partial charge in [-0.25, -0.2) is 0 Å². The number of rotatable bonds is 4. The number of aromatic nitrogens is 4. The predicted octanol–water partition coefficient (Wildman–Crippen LogP) is 3.27. The lowest BCUT2D eigenvalue weighted by Crippen LogP contribution is -2.24. The molecule has 138 valence electrons. The predicted molar refractivity (Wildman–Crippen MR) is 106 cm³/mol. The number of hydrogen-bond donors (Lipinski definition) is 0. The molecule has 6 nitrogen and oxygen atoms in total. The third kappa shape index (κ3) is 3.35. The number of pyridine rings is 1. The molecule has 1 fully saturated rings. The zero-order chi connectivity index (χ0) is 19.0. The number of carbonyl (C=O) groups is 1. The molecule has 0 saturated carbocycles. The van der Waals surface area contributed by atoms with Crippen LogP contribution in [0.15, 0.2) is 47.9 Å². The van der Waals surface area contributed by atoms with E-state index < -0.39 is 0 Å². The van der Waals surface area contributed by atoms with Crippen LogP contribution in [-0.2, 0) is 4.79 Å². The van der Waals surface area contributed by atoms with Crippen molar-refractivity contribution in [3.8, 4) is 17.1 Å². The van der Waals surface area contributed by atoms with Crippen molar-refractivity contribution >= 4 is 17.7 Å². The van der Waals surface area contributed by atoms with Crippen LogP contribution in [0.1, 0.15) is 17.5 Å². The number of benzene rings is 1. The van der Waals surface area contributed by atoms with Crippen LogP contribution >= 0.6 is 11.8 Å². The summed E-state index contributed by atoms with van der Waals surface area (Å²) in [7, 11) is 1.85. The molecule has 0 N–H and O–H groups in total. The average molecular weight is 379 g/mol. The van der Waals surface area contributed by atoms with E-state index in [0.29, 0.717) is 0 Å². The van der Waals surface area contributed by atoms with Gasteiger partial charge in [-0.15, -0.1) is 10.2 Å². The molecular formula is C20H21N5OS. The van der Waals surface area contributed by atoms with Gasteiger partial charge < -0.3 is 4.90 Å². The van der Waals surface area contributed by atoms with Crippen LogP contribution in [0.4, 0.5) is 0 Å². The lowest BCUT2D eigenvalue weighted by molar-refractivity contribution is -0.126. The molecule has 1 aliphatic heterocycles. The van der Waals surface area contributed by atoms with Gasteiger partial charge in [-0.05, 0) is 55.7 Å². The molecule has 1 aromatic carbocycles. The van der Waals surface area contributed by atoms with Crippen molar-refractivity contribution in [2.75, 3.05) is 13.6 Å². The maximum Gasteiger partial charge on any atom is 0.235 e. The smallest absolute Gasteiger partial charge is 0.235 e. The molecule has 3 heterocycles. The van der Waals surface area contributed by atoms with E-state index in [1.54, 1.807) is 17.3 Å². The number of hydrogen-bond acceptors (Lipinski definition) is 5. The lowest BCUT2D eigenvalue weighted by Gasteiger charge is -2.14. The molecule has 0 radical (unpaired) electrons. The average Bonchev–Trinajstić information content (AvgIpc) is 3.23. The maximum atomic E-state index is 12.4. The Morgan fingerprint density at radius 1 is 1.07 bits per heavy atom. The van der Waals surface area contributed by atoms with Crippen molar-refractivity contribution < 1.29 is 4.79 Å². The number of amides is 1. The van der Waals surface area contributed by atoms with Gasteiger partial charge in [0, 0.05) is 31.5 Å². The molecule has 3 aromatic rings. The van der Waals surface area contributed by atoms with Crippen LogP contribution < -0.4 is 0 Å². The summed E-state index contributed by atoms with van der Waals surface area (Å²) in [6.07, 6.45) is 4.32. The first-order chi connectivity index (χ1) is 13.0. The molecular weight excluding hydrogens is 358 g/mol. The molecule has 0 spiro atoms. The fraction of sp³-hybridized carbons (Fsp3) is 0.300. The van der Waals surface area contributed by atoms with Gasteiger partial charge in [0.15, 0.2) is 11.0 Å². The van der Waals surface area contributed by atoms with E-state index in [1.165, 1.54) is 22.9 Å². The highest BCUT2D eigenvalue weighted by atomic mass is 32.2. The number of likely N-dealkylation sites (tertiary alicyclic amines) is 1. The summed E-state index contributed by atoms with van der Waals surface area (Å²) in [5.74, 6) is 0.905. The van der Waals surface area contributed by atoms with E-state index >= 15 is 0 Å². The monoisotopic (exact) mass is 379 g/mol. The summed E-state index contributed by atoms with van der Waals surface area (Å²) in [6.45, 7) is 4.97. The van der Waals surface area contributed by atoms with E-state index in [2.05, 4.69) is 47.2 Å². The minimum Gasteiger partial charge on any atom is -0.345 e. The molecule has 0 bridgehead atoms. The van der Waals surface area contributed by atoms with E-state index in [4.69, 9.17) is 0 Å². The van der Waals surface area contributed by atoms with Crippen molar-refractivity contribution in [3.63, 3.8) is 0 Å². The van der Waals surface area contributed by atoms with Crippen LogP contribution in [0.25, 0.3) is 17.1 Å². The second-order valence-electron chi connectivity index (χ2n) is 6.80. The first kappa shape index (κ1) is 17.7. The van der Waals surface area contributed by atoms with Crippen molar-refractivity contribution in [3.05, 3.63) is 53.9 Å². The number of carbonyl (C=O) groups excluding carboxylic acids is 1. The lowest BCUT2D eigenvalue weighted by atomic mass is 10.1. The highest BCUT2D eigenvalue weighted by Crippen LogP contribution is 2.33. The van der Waals surface area contributed by atoms with Gasteiger partial charge in [0.25, 0.3) is 0 Å². The molecule has 2 aromatic heterocycles. The van der Waals surface area contributed by atoms with Crippen molar-refractivity contribution in [2.24, 2.45) is 0 Å². The van der Waals surface area contributed by atoms with Gasteiger partial charge in [-0.3, -0.25) is 14.3 Å². The Balaban J connectivity index is 1.81. The second-order valence-corrected chi connectivity index (χ2v) is 7.97. The normalized spacial score (nSPS) is 16.9. The minimum absolute atomic E-state index is 0.116. The molecule has 1 atom stereocenters. The molecule has 1 saturated heterocycles. The van der Waals surface area contributed by atoms with Gasteiger partial charge in [0.05, 0.1) is 10.9 Å². The van der Waals surface area contributed by atoms with Gasteiger partial charge in [0.2, 0.25) is 5.91 Å². The Hall–Kier alpha value is -2.67. The third-order valence-electron chi connectivity index (χ3n) is 4.95. The van der Waals surface area contributed by atoms with Gasteiger partial charge in [0.1, 0.15) is 0 Å². The topological polar surface area (TPSA) is 63.9 Å². The zero-order valence-corrected chi connectivity index (χ0v) is 16.4. The Kier molecular flexibility index (Phi) is 4.70. The Morgan fingerprint density at radius 2 is 1.85 bits per heavy atom. The van der Waals surface area contributed by atoms with Crippen LogP contribution in [0.3, 0.4) is 0 Å². The molecule has 1 amide bonds. The largest absolute Gasteiger partial charge is 0.345 e. The summed E-state index contributed by atoms with van der Waals surface area (Å²) in [6, 6.07) is 10.2. The number of aryl methyl sites for hydroxylation is 2. The first-order valence-corrected chi connectivity index (χ1v) is 9.77. The van der Waals surface area contributed by atoms with Gasteiger partial charge in [-0.2, -0.15) is 0 Å². The summed E-state index contributed by atoms with van der Waals surface area (Å²) in [5, 5.41) is 9.49. The zero-order valence-electron chi connectivity index (χ0n) is 15.6. The van der Waals surface area contributed by atoms with Crippen LogP contribution in [-0.4, -0.2) is 49.4 Å². The van der Waals surface area contributed by atoms with Crippen LogP contribution in [0, 0.1) is 13.8 Å². The maximum absolute atomic E-state index is 12.4. The van der Waals surface area contributed by atoms with Crippen molar-refractivity contribution in [1.82, 2.24) is 24.6 Å². The molecule has 1 aliphatic rings. The Labute approximate surface area is 162 Å². The molecule has 1 unspecified atom stereocenters. The molecule has 27 heavy (non-hydrogen) atoms. The minimum atomic E-state index is -0.116. The van der Waals surface area contributed by atoms with Crippen LogP contribution in [0.2, 0.25) is 0 Å². The third-order valence-corrected chi connectivity index (χ3v) is 6.14. The summed E-state index contributed by atoms with van der Waals surface area (Å²) >= 11 is 1.49. The fourth-order valence-corrected chi connectivity index (χ4v) is 4.30. The Bertz CT molecular complexity index is 985. The second kappa shape index (κ2) is 7.15. The molecule has 4 rings (SSSR count). The van der Waals surface area contributed by atoms with E-state index in [-0.39, 0.29) is 11.2 Å². The van der Waals surface area contributed by atoms with Crippen LogP contribution in [0.5, 0.6) is 0 Å². The van der Waals surface area contributed by atoms with Gasteiger partial charge >= 0.3 is 0 Å². The van der Waals surface area contributed by atoms with E-state index in [1.807, 2.05) is 23.7 Å².